The maximum absolute atomic E-state index is 9.02. The summed E-state index contributed by atoms with van der Waals surface area (Å²) in [5, 5.41) is 21.7. The van der Waals surface area contributed by atoms with E-state index in [1.807, 2.05) is 12.1 Å². The number of anilines is 2. The van der Waals surface area contributed by atoms with Gasteiger partial charge >= 0.3 is 0 Å². The minimum Gasteiger partial charge on any atom is -0.396 e. The van der Waals surface area contributed by atoms with Gasteiger partial charge in [0.15, 0.2) is 0 Å². The van der Waals surface area contributed by atoms with Crippen LogP contribution in [0.1, 0.15) is 29.7 Å². The fraction of sp³-hybridized carbons (Fsp3) is 0.538. The van der Waals surface area contributed by atoms with Gasteiger partial charge in [0.2, 0.25) is 0 Å². The summed E-state index contributed by atoms with van der Waals surface area (Å²) in [5.74, 6) is 0.786. The number of thiophene rings is 1. The maximum Gasteiger partial charge on any atom is 0.131 e. The van der Waals surface area contributed by atoms with Crippen molar-refractivity contribution in [1.82, 2.24) is 0 Å². The maximum atomic E-state index is 9.02. The Labute approximate surface area is 116 Å². The Morgan fingerprint density at radius 2 is 2.16 bits per heavy atom. The van der Waals surface area contributed by atoms with E-state index < -0.39 is 0 Å². The van der Waals surface area contributed by atoms with Crippen LogP contribution < -0.4 is 11.1 Å². The molecule has 1 saturated carbocycles. The average molecular weight is 276 g/mol. The molecule has 19 heavy (non-hydrogen) atoms. The molecular formula is C13H16N4OS. The number of hydrogen-bond acceptors (Lipinski definition) is 6. The van der Waals surface area contributed by atoms with E-state index >= 15 is 0 Å². The normalized spacial score (nSPS) is 13.8. The fourth-order valence-corrected chi connectivity index (χ4v) is 2.57. The number of rotatable bonds is 7. The molecule has 6 heteroatoms. The van der Waals surface area contributed by atoms with Gasteiger partial charge in [-0.1, -0.05) is 0 Å². The van der Waals surface area contributed by atoms with Crippen molar-refractivity contribution in [2.75, 3.05) is 30.8 Å². The summed E-state index contributed by atoms with van der Waals surface area (Å²) in [6.45, 7) is 2.30. The predicted octanol–water partition coefficient (Wildman–Crippen LogP) is 2.30. The number of nitrogens with one attached hydrogen (secondary N) is 1. The summed E-state index contributed by atoms with van der Waals surface area (Å²) in [6, 6.07) is 4.03. The van der Waals surface area contributed by atoms with E-state index in [2.05, 4.69) is 5.32 Å². The summed E-state index contributed by atoms with van der Waals surface area (Å²) >= 11 is 1.23. The highest BCUT2D eigenvalue weighted by Gasteiger charge is 2.20. The van der Waals surface area contributed by atoms with Crippen molar-refractivity contribution >= 4 is 22.0 Å². The summed E-state index contributed by atoms with van der Waals surface area (Å²) in [6.07, 6.45) is 3.47. The highest BCUT2D eigenvalue weighted by Crippen LogP contribution is 2.34. The monoisotopic (exact) mass is 276 g/mol. The Bertz CT molecular complexity index is 522. The van der Waals surface area contributed by atoms with Gasteiger partial charge in [-0.3, -0.25) is 0 Å². The van der Waals surface area contributed by atoms with Gasteiger partial charge in [0.25, 0.3) is 0 Å². The topological polar surface area (TPSA) is 94.9 Å². The van der Waals surface area contributed by atoms with Crippen LogP contribution in [0.3, 0.4) is 0 Å². The molecule has 1 fully saturated rings. The van der Waals surface area contributed by atoms with Gasteiger partial charge in [-0.2, -0.15) is 10.5 Å². The SMILES string of the molecule is N#Cc1sc(NCCCOCC2CC2)c(C#N)c1N. The third-order valence-corrected chi connectivity index (χ3v) is 4.03. The molecule has 0 bridgehead atoms. The molecule has 0 aromatic carbocycles. The van der Waals surface area contributed by atoms with Crippen molar-refractivity contribution in [1.29, 1.82) is 10.5 Å². The lowest BCUT2D eigenvalue weighted by molar-refractivity contribution is 0.124. The second-order valence-corrected chi connectivity index (χ2v) is 5.59. The van der Waals surface area contributed by atoms with Crippen LogP contribution in [-0.2, 0) is 4.74 Å². The smallest absolute Gasteiger partial charge is 0.131 e. The largest absolute Gasteiger partial charge is 0.396 e. The summed E-state index contributed by atoms with van der Waals surface area (Å²) in [7, 11) is 0. The van der Waals surface area contributed by atoms with Crippen molar-refractivity contribution < 1.29 is 4.74 Å². The first-order valence-corrected chi connectivity index (χ1v) is 7.12. The van der Waals surface area contributed by atoms with Gasteiger partial charge < -0.3 is 15.8 Å². The lowest BCUT2D eigenvalue weighted by atomic mass is 10.2. The molecule has 0 spiro atoms. The van der Waals surface area contributed by atoms with Crippen LogP contribution in [0, 0.1) is 28.6 Å². The van der Waals surface area contributed by atoms with Crippen LogP contribution in [0.2, 0.25) is 0 Å². The highest BCUT2D eigenvalue weighted by atomic mass is 32.1. The van der Waals surface area contributed by atoms with Crippen molar-refractivity contribution in [2.24, 2.45) is 5.92 Å². The fourth-order valence-electron chi connectivity index (χ4n) is 1.67. The van der Waals surface area contributed by atoms with Crippen molar-refractivity contribution in [3.8, 4) is 12.1 Å². The molecule has 1 aliphatic carbocycles. The lowest BCUT2D eigenvalue weighted by Crippen LogP contribution is -2.06. The van der Waals surface area contributed by atoms with Gasteiger partial charge in [-0.05, 0) is 25.2 Å². The second kappa shape index (κ2) is 6.42. The zero-order valence-corrected chi connectivity index (χ0v) is 11.4. The molecule has 2 rings (SSSR count). The predicted molar refractivity (Wildman–Crippen MR) is 74.8 cm³/mol. The average Bonchev–Trinajstić information content (AvgIpc) is 3.18. The summed E-state index contributed by atoms with van der Waals surface area (Å²) in [4.78, 5) is 0.393. The van der Waals surface area contributed by atoms with E-state index in [-0.39, 0.29) is 5.69 Å². The molecule has 0 saturated heterocycles. The van der Waals surface area contributed by atoms with Gasteiger partial charge in [0.1, 0.15) is 27.6 Å². The van der Waals surface area contributed by atoms with Crippen LogP contribution in [0.25, 0.3) is 0 Å². The van der Waals surface area contributed by atoms with E-state index in [0.717, 1.165) is 25.6 Å². The number of hydrogen-bond donors (Lipinski definition) is 2. The molecule has 0 atom stereocenters. The Morgan fingerprint density at radius 3 is 2.79 bits per heavy atom. The van der Waals surface area contributed by atoms with E-state index in [1.54, 1.807) is 0 Å². The number of ether oxygens (including phenoxy) is 1. The molecular weight excluding hydrogens is 260 g/mol. The van der Waals surface area contributed by atoms with Crippen LogP contribution in [-0.4, -0.2) is 19.8 Å². The zero-order valence-electron chi connectivity index (χ0n) is 10.6. The minimum atomic E-state index is 0.280. The van der Waals surface area contributed by atoms with E-state index in [9.17, 15) is 0 Å². The van der Waals surface area contributed by atoms with Gasteiger partial charge in [0, 0.05) is 19.8 Å². The highest BCUT2D eigenvalue weighted by molar-refractivity contribution is 7.17. The number of nitrogens with two attached hydrogens (primary N) is 1. The first kappa shape index (κ1) is 13.7. The Morgan fingerprint density at radius 1 is 1.37 bits per heavy atom. The Balaban J connectivity index is 1.75. The summed E-state index contributed by atoms with van der Waals surface area (Å²) in [5.41, 5.74) is 6.37. The summed E-state index contributed by atoms with van der Waals surface area (Å²) < 4.78 is 5.52. The third kappa shape index (κ3) is 3.60. The number of nitrogens with zero attached hydrogens (tertiary/aromatic N) is 2. The van der Waals surface area contributed by atoms with Gasteiger partial charge in [0.05, 0.1) is 5.69 Å². The van der Waals surface area contributed by atoms with Crippen LogP contribution in [0.5, 0.6) is 0 Å². The second-order valence-electron chi connectivity index (χ2n) is 4.57. The third-order valence-electron chi connectivity index (χ3n) is 2.96. The van der Waals surface area contributed by atoms with Crippen LogP contribution in [0.4, 0.5) is 10.7 Å². The zero-order chi connectivity index (χ0) is 13.7. The van der Waals surface area contributed by atoms with Gasteiger partial charge in [-0.25, -0.2) is 0 Å². The Kier molecular flexibility index (Phi) is 4.62. The standard InChI is InChI=1S/C13H16N4OS/c14-6-10-12(16)11(7-15)19-13(10)17-4-1-5-18-8-9-2-3-9/h9,17H,1-5,8,16H2. The van der Waals surface area contributed by atoms with Crippen LogP contribution >= 0.6 is 11.3 Å². The van der Waals surface area contributed by atoms with Crippen molar-refractivity contribution in [3.63, 3.8) is 0 Å². The van der Waals surface area contributed by atoms with E-state index in [0.29, 0.717) is 22.0 Å². The molecule has 3 N–H and O–H groups in total. The lowest BCUT2D eigenvalue weighted by Gasteiger charge is -2.05. The molecule has 100 valence electrons. The van der Waals surface area contributed by atoms with Crippen molar-refractivity contribution in [3.05, 3.63) is 10.4 Å². The molecule has 0 aliphatic heterocycles. The Hall–Kier alpha value is -1.76. The van der Waals surface area contributed by atoms with Crippen molar-refractivity contribution in [2.45, 2.75) is 19.3 Å². The molecule has 0 radical (unpaired) electrons. The molecule has 1 aliphatic rings. The molecule has 5 nitrogen and oxygen atoms in total. The molecule has 1 aromatic heterocycles. The minimum absolute atomic E-state index is 0.280. The van der Waals surface area contributed by atoms with Gasteiger partial charge in [-0.15, -0.1) is 11.3 Å². The molecule has 1 aromatic rings. The first-order valence-electron chi connectivity index (χ1n) is 6.30. The number of nitriles is 2. The van der Waals surface area contributed by atoms with Crippen LogP contribution in [0.15, 0.2) is 0 Å². The quantitative estimate of drug-likeness (QED) is 0.745. The molecule has 1 heterocycles. The molecule has 0 amide bonds. The number of nitrogen functional groups attached to an aromatic ring is 1. The molecule has 0 unspecified atom stereocenters. The van der Waals surface area contributed by atoms with E-state index in [1.165, 1.54) is 24.2 Å². The first-order chi connectivity index (χ1) is 9.26. The van der Waals surface area contributed by atoms with E-state index in [4.69, 9.17) is 21.0 Å².